The van der Waals surface area contributed by atoms with Gasteiger partial charge < -0.3 is 5.32 Å². The van der Waals surface area contributed by atoms with E-state index in [9.17, 15) is 13.6 Å². The van der Waals surface area contributed by atoms with Crippen LogP contribution >= 0.6 is 11.6 Å². The van der Waals surface area contributed by atoms with Gasteiger partial charge in [-0.1, -0.05) is 0 Å². The Morgan fingerprint density at radius 1 is 1.22 bits per heavy atom. The number of carbonyl (C=O) groups excluding carboxylic acids is 1. The third-order valence-corrected chi connectivity index (χ3v) is 6.81. The maximum atomic E-state index is 14.0. The number of rotatable bonds is 3. The standard InChI is InChI=1S/C19H19ClF2N4O/c20-17-23-10-26(25-17)19-7-11-3-12(8-19)6-18(5-11,9-19)16(27)24-15-2-1-13(21)4-14(15)22/h1-2,4,10-12H,3,5-9H2,(H,24,27)/t11-,12+,18?,19?. The lowest BCUT2D eigenvalue weighted by molar-refractivity contribution is -0.150. The fourth-order valence-corrected chi connectivity index (χ4v) is 6.19. The summed E-state index contributed by atoms with van der Waals surface area (Å²) in [7, 11) is 0. The molecule has 4 aliphatic carbocycles. The first kappa shape index (κ1) is 17.1. The molecule has 0 spiro atoms. The Bertz CT molecular complexity index is 916. The normalized spacial score (nSPS) is 34.0. The molecule has 1 amide bonds. The Labute approximate surface area is 160 Å². The molecule has 2 aromatic rings. The van der Waals surface area contributed by atoms with Crippen LogP contribution in [-0.4, -0.2) is 20.7 Å². The number of nitrogens with one attached hydrogen (secondary N) is 1. The number of halogens is 3. The Morgan fingerprint density at radius 2 is 1.96 bits per heavy atom. The smallest absolute Gasteiger partial charge is 0.242 e. The van der Waals surface area contributed by atoms with Crippen LogP contribution in [-0.2, 0) is 10.3 Å². The molecule has 0 radical (unpaired) electrons. The minimum atomic E-state index is -0.758. The van der Waals surface area contributed by atoms with Crippen LogP contribution in [0.2, 0.25) is 5.28 Å². The highest BCUT2D eigenvalue weighted by atomic mass is 35.5. The summed E-state index contributed by atoms with van der Waals surface area (Å²) < 4.78 is 29.0. The lowest BCUT2D eigenvalue weighted by Gasteiger charge is -2.60. The van der Waals surface area contributed by atoms with Crippen LogP contribution < -0.4 is 5.32 Å². The van der Waals surface area contributed by atoms with Gasteiger partial charge >= 0.3 is 0 Å². The van der Waals surface area contributed by atoms with Gasteiger partial charge in [-0.25, -0.2) is 18.4 Å². The number of amides is 1. The van der Waals surface area contributed by atoms with Gasteiger partial charge in [0.05, 0.1) is 16.6 Å². The van der Waals surface area contributed by atoms with Crippen molar-refractivity contribution in [3.05, 3.63) is 41.4 Å². The van der Waals surface area contributed by atoms with Crippen LogP contribution in [0.3, 0.4) is 0 Å². The third-order valence-electron chi connectivity index (χ3n) is 6.64. The van der Waals surface area contributed by atoms with Crippen LogP contribution in [0.5, 0.6) is 0 Å². The van der Waals surface area contributed by atoms with Crippen molar-refractivity contribution < 1.29 is 13.6 Å². The zero-order valence-corrected chi connectivity index (χ0v) is 15.3. The predicted octanol–water partition coefficient (Wildman–Crippen LogP) is 4.14. The summed E-state index contributed by atoms with van der Waals surface area (Å²) in [6.45, 7) is 0. The van der Waals surface area contributed by atoms with Crippen LogP contribution in [0, 0.1) is 28.9 Å². The number of nitrogens with zero attached hydrogens (tertiary/aromatic N) is 3. The zero-order chi connectivity index (χ0) is 18.8. The second-order valence-corrected chi connectivity index (χ2v) is 8.84. The number of anilines is 1. The van der Waals surface area contributed by atoms with Gasteiger partial charge in [0.2, 0.25) is 11.2 Å². The van der Waals surface area contributed by atoms with E-state index in [-0.39, 0.29) is 22.4 Å². The molecule has 4 aliphatic rings. The van der Waals surface area contributed by atoms with Crippen molar-refractivity contribution in [1.29, 1.82) is 0 Å². The topological polar surface area (TPSA) is 59.8 Å². The quantitative estimate of drug-likeness (QED) is 0.853. The van der Waals surface area contributed by atoms with E-state index in [0.29, 0.717) is 18.3 Å². The summed E-state index contributed by atoms with van der Waals surface area (Å²) >= 11 is 5.94. The van der Waals surface area contributed by atoms with Crippen molar-refractivity contribution in [2.75, 3.05) is 5.32 Å². The maximum absolute atomic E-state index is 14.0. The van der Waals surface area contributed by atoms with Gasteiger partial charge in [0.1, 0.15) is 18.0 Å². The molecule has 27 heavy (non-hydrogen) atoms. The summed E-state index contributed by atoms with van der Waals surface area (Å²) in [6.07, 6.45) is 6.92. The van der Waals surface area contributed by atoms with Crippen molar-refractivity contribution in [2.24, 2.45) is 17.3 Å². The molecule has 1 aromatic heterocycles. The lowest BCUT2D eigenvalue weighted by Crippen LogP contribution is -2.60. The SMILES string of the molecule is O=C(Nc1ccc(F)cc1F)C12C[C@H]3C[C@@H](C1)CC(n1cnc(Cl)n1)(C3)C2. The number of aromatic nitrogens is 3. The first-order valence-corrected chi connectivity index (χ1v) is 9.60. The average molecular weight is 393 g/mol. The molecule has 6 rings (SSSR count). The van der Waals surface area contributed by atoms with E-state index in [2.05, 4.69) is 15.4 Å². The van der Waals surface area contributed by atoms with Crippen LogP contribution in [0.1, 0.15) is 38.5 Å². The van der Waals surface area contributed by atoms with Gasteiger partial charge in [-0.05, 0) is 74.1 Å². The summed E-state index contributed by atoms with van der Waals surface area (Å²) in [4.78, 5) is 17.3. The Morgan fingerprint density at radius 3 is 2.59 bits per heavy atom. The minimum Gasteiger partial charge on any atom is -0.323 e. The molecule has 1 aromatic carbocycles. The molecule has 4 atom stereocenters. The van der Waals surface area contributed by atoms with E-state index >= 15 is 0 Å². The first-order valence-electron chi connectivity index (χ1n) is 9.22. The third kappa shape index (κ3) is 2.66. The van der Waals surface area contributed by atoms with Gasteiger partial charge in [0.25, 0.3) is 0 Å². The number of hydrogen-bond acceptors (Lipinski definition) is 3. The van der Waals surface area contributed by atoms with E-state index in [0.717, 1.165) is 44.2 Å². The Balaban J connectivity index is 1.47. The second kappa shape index (κ2) is 5.74. The molecule has 8 heteroatoms. The first-order chi connectivity index (χ1) is 12.9. The summed E-state index contributed by atoms with van der Waals surface area (Å²) in [5, 5.41) is 7.26. The van der Waals surface area contributed by atoms with Crippen LogP contribution in [0.4, 0.5) is 14.5 Å². The molecule has 4 fully saturated rings. The van der Waals surface area contributed by atoms with Crippen molar-refractivity contribution in [3.63, 3.8) is 0 Å². The van der Waals surface area contributed by atoms with E-state index in [1.54, 1.807) is 6.33 Å². The molecule has 4 bridgehead atoms. The fourth-order valence-electron chi connectivity index (χ4n) is 6.07. The van der Waals surface area contributed by atoms with Crippen molar-refractivity contribution in [2.45, 2.75) is 44.1 Å². The van der Waals surface area contributed by atoms with E-state index in [4.69, 9.17) is 11.6 Å². The molecule has 4 saturated carbocycles. The molecule has 0 saturated heterocycles. The molecule has 0 aliphatic heterocycles. The molecular formula is C19H19ClF2N4O. The minimum absolute atomic E-state index is 0.0231. The molecule has 142 valence electrons. The van der Waals surface area contributed by atoms with E-state index in [1.807, 2.05) is 4.68 Å². The van der Waals surface area contributed by atoms with E-state index < -0.39 is 17.0 Å². The summed E-state index contributed by atoms with van der Waals surface area (Å²) in [5.74, 6) is -0.748. The molecular weight excluding hydrogens is 374 g/mol. The van der Waals surface area contributed by atoms with Crippen molar-refractivity contribution in [3.8, 4) is 0 Å². The molecule has 5 nitrogen and oxygen atoms in total. The van der Waals surface area contributed by atoms with Gasteiger partial charge in [0, 0.05) is 6.07 Å². The highest BCUT2D eigenvalue weighted by Gasteiger charge is 2.61. The number of benzene rings is 1. The average Bonchev–Trinajstić information content (AvgIpc) is 3.03. The highest BCUT2D eigenvalue weighted by molar-refractivity contribution is 6.28. The van der Waals surface area contributed by atoms with Gasteiger partial charge in [0.15, 0.2) is 0 Å². The monoisotopic (exact) mass is 392 g/mol. The van der Waals surface area contributed by atoms with Crippen molar-refractivity contribution >= 4 is 23.2 Å². The highest BCUT2D eigenvalue weighted by Crippen LogP contribution is 2.64. The Kier molecular flexibility index (Phi) is 3.63. The second-order valence-electron chi connectivity index (χ2n) is 8.50. The van der Waals surface area contributed by atoms with Gasteiger partial charge in [-0.3, -0.25) is 4.79 Å². The van der Waals surface area contributed by atoms with Gasteiger partial charge in [-0.15, -0.1) is 5.10 Å². The Hall–Kier alpha value is -2.02. The summed E-state index contributed by atoms with van der Waals surface area (Å²) in [5.41, 5.74) is -0.804. The van der Waals surface area contributed by atoms with E-state index in [1.165, 1.54) is 6.07 Å². The lowest BCUT2D eigenvalue weighted by atomic mass is 9.46. The van der Waals surface area contributed by atoms with Crippen LogP contribution in [0.15, 0.2) is 24.5 Å². The van der Waals surface area contributed by atoms with Crippen LogP contribution in [0.25, 0.3) is 0 Å². The molecule has 1 N–H and O–H groups in total. The van der Waals surface area contributed by atoms with Gasteiger partial charge in [-0.2, -0.15) is 0 Å². The largest absolute Gasteiger partial charge is 0.323 e. The van der Waals surface area contributed by atoms with Crippen molar-refractivity contribution in [1.82, 2.24) is 14.8 Å². The maximum Gasteiger partial charge on any atom is 0.242 e. The number of carbonyl (C=O) groups is 1. The molecule has 1 heterocycles. The fraction of sp³-hybridized carbons (Fsp3) is 0.526. The number of hydrogen-bond donors (Lipinski definition) is 1. The molecule has 2 unspecified atom stereocenters. The predicted molar refractivity (Wildman–Crippen MR) is 95.1 cm³/mol. The zero-order valence-electron chi connectivity index (χ0n) is 14.6. The summed E-state index contributed by atoms with van der Waals surface area (Å²) in [6, 6.07) is 3.21.